The molecule has 2 aliphatic heterocycles. The van der Waals surface area contributed by atoms with Crippen LogP contribution in [-0.2, 0) is 26.2 Å². The number of carbonyl (C=O) groups excluding carboxylic acids is 2. The molecule has 164 valence electrons. The van der Waals surface area contributed by atoms with Crippen LogP contribution >= 0.6 is 11.3 Å². The molecule has 2 atom stereocenters. The van der Waals surface area contributed by atoms with E-state index in [2.05, 4.69) is 0 Å². The number of nitrogen functional groups attached to an aromatic ring is 1. The predicted octanol–water partition coefficient (Wildman–Crippen LogP) is 2.90. The van der Waals surface area contributed by atoms with Crippen LogP contribution in [0.3, 0.4) is 0 Å². The Hall–Kier alpha value is -3.00. The molecule has 7 nitrogen and oxygen atoms in total. The number of hydrogen-bond acceptors (Lipinski definition) is 7. The van der Waals surface area contributed by atoms with Gasteiger partial charge in [0.25, 0.3) is 0 Å². The van der Waals surface area contributed by atoms with Crippen LogP contribution in [0.1, 0.15) is 42.8 Å². The molecule has 2 unspecified atom stereocenters. The summed E-state index contributed by atoms with van der Waals surface area (Å²) in [6.07, 6.45) is 2.36. The van der Waals surface area contributed by atoms with Crippen LogP contribution in [0.25, 0.3) is 0 Å². The van der Waals surface area contributed by atoms with Crippen molar-refractivity contribution in [2.75, 3.05) is 19.4 Å². The normalized spacial score (nSPS) is 22.4. The number of carbonyl (C=O) groups is 2. The van der Waals surface area contributed by atoms with E-state index in [9.17, 15) is 9.59 Å². The molecule has 1 amide bonds. The van der Waals surface area contributed by atoms with E-state index in [1.54, 1.807) is 13.2 Å². The van der Waals surface area contributed by atoms with Gasteiger partial charge in [0.1, 0.15) is 22.5 Å². The van der Waals surface area contributed by atoms with Gasteiger partial charge in [0, 0.05) is 11.4 Å². The summed E-state index contributed by atoms with van der Waals surface area (Å²) in [6.45, 7) is 5.99. The highest BCUT2D eigenvalue weighted by atomic mass is 32.1. The molecule has 0 radical (unpaired) electrons. The first-order chi connectivity index (χ1) is 14.6. The standard InChI is InChI=1S/C23H27N3O4S/c1-22(2,3)30-20(27)16-12-23(21(25)28,18-6-5-9-31-18)19-14-11-15(24)17(29-4)10-13(14)7-8-26(16)19/h5-6,9-12,19H,7-8,24H2,1-4H3,(H2,25,28). The zero-order valence-electron chi connectivity index (χ0n) is 18.1. The molecular weight excluding hydrogens is 414 g/mol. The second-order valence-corrected chi connectivity index (χ2v) is 9.83. The molecule has 0 aliphatic carbocycles. The molecule has 4 N–H and O–H groups in total. The van der Waals surface area contributed by atoms with Crippen molar-refractivity contribution in [2.45, 2.75) is 44.2 Å². The third kappa shape index (κ3) is 3.35. The third-order valence-electron chi connectivity index (χ3n) is 5.77. The lowest BCUT2D eigenvalue weighted by atomic mass is 9.73. The Labute approximate surface area is 185 Å². The number of ether oxygens (including phenoxy) is 2. The van der Waals surface area contributed by atoms with Crippen molar-refractivity contribution in [1.29, 1.82) is 0 Å². The summed E-state index contributed by atoms with van der Waals surface area (Å²) in [5.41, 5.74) is 13.1. The van der Waals surface area contributed by atoms with E-state index < -0.39 is 28.9 Å². The molecule has 1 aromatic carbocycles. The summed E-state index contributed by atoms with van der Waals surface area (Å²) in [5.74, 6) is -0.404. The monoisotopic (exact) mass is 441 g/mol. The Morgan fingerprint density at radius 1 is 1.29 bits per heavy atom. The maximum absolute atomic E-state index is 13.1. The van der Waals surface area contributed by atoms with Crippen molar-refractivity contribution in [3.63, 3.8) is 0 Å². The molecule has 1 aromatic heterocycles. The Morgan fingerprint density at radius 2 is 2.03 bits per heavy atom. The zero-order chi connectivity index (χ0) is 22.6. The fourth-order valence-electron chi connectivity index (χ4n) is 4.52. The molecule has 0 fully saturated rings. The summed E-state index contributed by atoms with van der Waals surface area (Å²) < 4.78 is 11.1. The van der Waals surface area contributed by atoms with Gasteiger partial charge in [-0.05, 0) is 68.0 Å². The second-order valence-electron chi connectivity index (χ2n) is 8.88. The van der Waals surface area contributed by atoms with E-state index in [1.165, 1.54) is 11.3 Å². The van der Waals surface area contributed by atoms with E-state index in [0.29, 0.717) is 30.1 Å². The van der Waals surface area contributed by atoms with Gasteiger partial charge in [-0.2, -0.15) is 0 Å². The molecular formula is C23H27N3O4S. The number of anilines is 1. The number of nitrogens with two attached hydrogens (primary N) is 2. The van der Waals surface area contributed by atoms with Crippen LogP contribution in [0, 0.1) is 0 Å². The first-order valence-corrected chi connectivity index (χ1v) is 11.0. The summed E-state index contributed by atoms with van der Waals surface area (Å²) in [6, 6.07) is 7.00. The Balaban J connectivity index is 1.94. The zero-order valence-corrected chi connectivity index (χ0v) is 18.9. The Morgan fingerprint density at radius 3 is 2.61 bits per heavy atom. The molecule has 2 aromatic rings. The predicted molar refractivity (Wildman–Crippen MR) is 120 cm³/mol. The number of rotatable bonds is 4. The SMILES string of the molecule is COc1cc2c(cc1N)C1N(CC2)C(C(=O)OC(C)(C)C)=CC1(C(N)=O)c1cccs1. The van der Waals surface area contributed by atoms with Gasteiger partial charge in [0.2, 0.25) is 5.91 Å². The molecule has 2 aliphatic rings. The highest BCUT2D eigenvalue weighted by Gasteiger charge is 2.57. The molecule has 0 spiro atoms. The summed E-state index contributed by atoms with van der Waals surface area (Å²) in [4.78, 5) is 29.0. The molecule has 31 heavy (non-hydrogen) atoms. The van der Waals surface area contributed by atoms with Crippen LogP contribution in [0.5, 0.6) is 5.75 Å². The summed E-state index contributed by atoms with van der Waals surface area (Å²) in [5, 5.41) is 1.90. The number of primary amides is 1. The molecule has 0 bridgehead atoms. The Bertz CT molecular complexity index is 1070. The quantitative estimate of drug-likeness (QED) is 0.558. The van der Waals surface area contributed by atoms with Gasteiger partial charge in [-0.3, -0.25) is 4.79 Å². The number of amides is 1. The van der Waals surface area contributed by atoms with Gasteiger partial charge < -0.3 is 25.8 Å². The summed E-state index contributed by atoms with van der Waals surface area (Å²) in [7, 11) is 1.57. The van der Waals surface area contributed by atoms with E-state index in [1.807, 2.05) is 55.3 Å². The van der Waals surface area contributed by atoms with E-state index >= 15 is 0 Å². The van der Waals surface area contributed by atoms with E-state index in [0.717, 1.165) is 16.0 Å². The van der Waals surface area contributed by atoms with Crippen LogP contribution < -0.4 is 16.2 Å². The highest BCUT2D eigenvalue weighted by molar-refractivity contribution is 7.10. The fraction of sp³-hybridized carbons (Fsp3) is 0.391. The van der Waals surface area contributed by atoms with Crippen molar-refractivity contribution in [3.05, 3.63) is 57.4 Å². The molecule has 0 saturated carbocycles. The van der Waals surface area contributed by atoms with Gasteiger partial charge >= 0.3 is 5.97 Å². The average molecular weight is 442 g/mol. The topological polar surface area (TPSA) is 108 Å². The van der Waals surface area contributed by atoms with Crippen LogP contribution in [0.15, 0.2) is 41.4 Å². The molecule has 0 saturated heterocycles. The van der Waals surface area contributed by atoms with Crippen molar-refractivity contribution >= 4 is 28.9 Å². The van der Waals surface area contributed by atoms with E-state index in [4.69, 9.17) is 20.9 Å². The minimum atomic E-state index is -1.21. The lowest BCUT2D eigenvalue weighted by molar-refractivity contribution is -0.152. The minimum absolute atomic E-state index is 0.354. The lowest BCUT2D eigenvalue weighted by Gasteiger charge is -2.42. The van der Waals surface area contributed by atoms with Gasteiger partial charge in [0.05, 0.1) is 18.8 Å². The number of thiophene rings is 1. The van der Waals surface area contributed by atoms with Crippen LogP contribution in [0.4, 0.5) is 5.69 Å². The molecule has 4 rings (SSSR count). The Kier molecular flexibility index (Phi) is 5.00. The van der Waals surface area contributed by atoms with Gasteiger partial charge in [-0.25, -0.2) is 4.79 Å². The summed E-state index contributed by atoms with van der Waals surface area (Å²) >= 11 is 1.44. The van der Waals surface area contributed by atoms with Crippen molar-refractivity contribution in [1.82, 2.24) is 4.90 Å². The van der Waals surface area contributed by atoms with E-state index in [-0.39, 0.29) is 0 Å². The van der Waals surface area contributed by atoms with Crippen LogP contribution in [0.2, 0.25) is 0 Å². The van der Waals surface area contributed by atoms with Crippen LogP contribution in [-0.4, -0.2) is 36.0 Å². The minimum Gasteiger partial charge on any atom is -0.495 e. The number of methoxy groups -OCH3 is 1. The first kappa shape index (κ1) is 21.2. The van der Waals surface area contributed by atoms with Gasteiger partial charge in [0.15, 0.2) is 0 Å². The van der Waals surface area contributed by atoms with Crippen molar-refractivity contribution in [2.24, 2.45) is 5.73 Å². The first-order valence-electron chi connectivity index (χ1n) is 10.1. The van der Waals surface area contributed by atoms with Gasteiger partial charge in [-0.15, -0.1) is 11.3 Å². The number of benzene rings is 1. The highest BCUT2D eigenvalue weighted by Crippen LogP contribution is 2.54. The smallest absolute Gasteiger partial charge is 0.354 e. The third-order valence-corrected chi connectivity index (χ3v) is 6.79. The maximum atomic E-state index is 13.1. The second kappa shape index (κ2) is 7.30. The maximum Gasteiger partial charge on any atom is 0.354 e. The number of hydrogen-bond donors (Lipinski definition) is 2. The van der Waals surface area contributed by atoms with Crippen molar-refractivity contribution in [3.8, 4) is 5.75 Å². The number of nitrogens with zero attached hydrogens (tertiary/aromatic N) is 1. The molecule has 3 heterocycles. The largest absolute Gasteiger partial charge is 0.495 e. The average Bonchev–Trinajstić information content (AvgIpc) is 3.32. The molecule has 8 heteroatoms. The fourth-order valence-corrected chi connectivity index (χ4v) is 5.45. The van der Waals surface area contributed by atoms with Gasteiger partial charge in [-0.1, -0.05) is 6.07 Å². The van der Waals surface area contributed by atoms with Crippen molar-refractivity contribution < 1.29 is 19.1 Å². The number of esters is 1. The lowest BCUT2D eigenvalue weighted by Crippen LogP contribution is -2.48. The number of fused-ring (bicyclic) bond motifs is 3.